The Balaban J connectivity index is 2.43. The molecule has 3 N–H and O–H groups in total. The van der Waals surface area contributed by atoms with E-state index >= 15 is 0 Å². The summed E-state index contributed by atoms with van der Waals surface area (Å²) in [5.74, 6) is -0.755. The van der Waals surface area contributed by atoms with Crippen LogP contribution in [0.3, 0.4) is 0 Å². The number of rotatable bonds is 3. The van der Waals surface area contributed by atoms with Crippen molar-refractivity contribution in [3.63, 3.8) is 0 Å². The number of nitrogen functional groups attached to an aromatic ring is 1. The zero-order valence-electron chi connectivity index (χ0n) is 11.1. The Kier molecular flexibility index (Phi) is 3.67. The highest BCUT2D eigenvalue weighted by atomic mass is 32.2. The third kappa shape index (κ3) is 2.75. The first kappa shape index (κ1) is 14.3. The molecular weight excluding hydrogens is 279 g/mol. The van der Waals surface area contributed by atoms with Crippen LogP contribution < -0.4 is 10.5 Å². The zero-order valence-corrected chi connectivity index (χ0v) is 12.0. The van der Waals surface area contributed by atoms with Crippen molar-refractivity contribution in [2.45, 2.75) is 18.7 Å². The number of para-hydroxylation sites is 1. The van der Waals surface area contributed by atoms with Crippen LogP contribution >= 0.6 is 0 Å². The smallest absolute Gasteiger partial charge is 0.262 e. The van der Waals surface area contributed by atoms with E-state index in [1.807, 2.05) is 6.07 Å². The van der Waals surface area contributed by atoms with E-state index in [1.165, 1.54) is 12.1 Å². The van der Waals surface area contributed by atoms with E-state index in [4.69, 9.17) is 5.73 Å². The lowest BCUT2D eigenvalue weighted by Gasteiger charge is -2.13. The molecule has 0 atom stereocenters. The third-order valence-corrected chi connectivity index (χ3v) is 4.35. The van der Waals surface area contributed by atoms with Crippen molar-refractivity contribution >= 4 is 21.4 Å². The minimum atomic E-state index is -3.84. The Bertz CT molecular complexity index is 738. The molecule has 0 fully saturated rings. The maximum Gasteiger partial charge on any atom is 0.262 e. The molecular formula is C14H15FN2O2S. The SMILES string of the molecule is Cc1cccc(C)c1NS(=O)(=O)c1ccc(N)c(F)c1. The molecule has 0 radical (unpaired) electrons. The maximum absolute atomic E-state index is 13.4. The average Bonchev–Trinajstić information content (AvgIpc) is 2.37. The summed E-state index contributed by atoms with van der Waals surface area (Å²) in [6.45, 7) is 3.60. The van der Waals surface area contributed by atoms with Gasteiger partial charge in [-0.05, 0) is 43.2 Å². The van der Waals surface area contributed by atoms with Crippen molar-refractivity contribution in [1.29, 1.82) is 0 Å². The van der Waals surface area contributed by atoms with Gasteiger partial charge < -0.3 is 5.73 Å². The lowest BCUT2D eigenvalue weighted by atomic mass is 10.1. The second kappa shape index (κ2) is 5.13. The van der Waals surface area contributed by atoms with Gasteiger partial charge >= 0.3 is 0 Å². The fraction of sp³-hybridized carbons (Fsp3) is 0.143. The molecule has 0 heterocycles. The topological polar surface area (TPSA) is 72.2 Å². The Morgan fingerprint density at radius 3 is 2.25 bits per heavy atom. The molecule has 0 aliphatic heterocycles. The van der Waals surface area contributed by atoms with Gasteiger partial charge in [0.15, 0.2) is 0 Å². The fourth-order valence-corrected chi connectivity index (χ4v) is 3.06. The molecule has 6 heteroatoms. The molecule has 0 saturated heterocycles. The quantitative estimate of drug-likeness (QED) is 0.855. The predicted molar refractivity (Wildman–Crippen MR) is 77.5 cm³/mol. The summed E-state index contributed by atoms with van der Waals surface area (Å²) in [6.07, 6.45) is 0. The molecule has 0 aromatic heterocycles. The summed E-state index contributed by atoms with van der Waals surface area (Å²) in [4.78, 5) is -0.160. The van der Waals surface area contributed by atoms with Crippen LogP contribution in [-0.2, 0) is 10.0 Å². The van der Waals surface area contributed by atoms with Crippen molar-refractivity contribution in [3.8, 4) is 0 Å². The summed E-state index contributed by atoms with van der Waals surface area (Å²) in [5, 5.41) is 0. The highest BCUT2D eigenvalue weighted by molar-refractivity contribution is 7.92. The second-order valence-corrected chi connectivity index (χ2v) is 6.24. The van der Waals surface area contributed by atoms with Crippen molar-refractivity contribution in [2.24, 2.45) is 0 Å². The molecule has 0 spiro atoms. The number of hydrogen-bond donors (Lipinski definition) is 2. The van der Waals surface area contributed by atoms with Crippen LogP contribution in [0.1, 0.15) is 11.1 Å². The summed E-state index contributed by atoms with van der Waals surface area (Å²) in [5.41, 5.74) is 7.35. The van der Waals surface area contributed by atoms with Gasteiger partial charge in [-0.3, -0.25) is 4.72 Å². The molecule has 2 aromatic rings. The number of nitrogens with two attached hydrogens (primary N) is 1. The lowest BCUT2D eigenvalue weighted by molar-refractivity contribution is 0.596. The van der Waals surface area contributed by atoms with Crippen molar-refractivity contribution in [2.75, 3.05) is 10.5 Å². The molecule has 0 amide bonds. The first-order valence-corrected chi connectivity index (χ1v) is 7.43. The molecule has 2 rings (SSSR count). The van der Waals surface area contributed by atoms with Crippen LogP contribution in [0.15, 0.2) is 41.3 Å². The zero-order chi connectivity index (χ0) is 14.9. The largest absolute Gasteiger partial charge is 0.396 e. The summed E-state index contributed by atoms with van der Waals surface area (Å²) in [7, 11) is -3.84. The van der Waals surface area contributed by atoms with Crippen LogP contribution in [0.25, 0.3) is 0 Å². The van der Waals surface area contributed by atoms with Crippen molar-refractivity contribution < 1.29 is 12.8 Å². The first-order valence-electron chi connectivity index (χ1n) is 5.95. The van der Waals surface area contributed by atoms with E-state index in [1.54, 1.807) is 26.0 Å². The highest BCUT2D eigenvalue weighted by Gasteiger charge is 2.17. The minimum absolute atomic E-state index is 0.0870. The molecule has 106 valence electrons. The molecule has 2 aromatic carbocycles. The third-order valence-electron chi connectivity index (χ3n) is 3.00. The number of hydrogen-bond acceptors (Lipinski definition) is 3. The average molecular weight is 294 g/mol. The second-order valence-electron chi connectivity index (χ2n) is 4.56. The molecule has 20 heavy (non-hydrogen) atoms. The van der Waals surface area contributed by atoms with E-state index in [0.29, 0.717) is 5.69 Å². The van der Waals surface area contributed by atoms with Gasteiger partial charge in [0.1, 0.15) is 5.82 Å². The number of sulfonamides is 1. The lowest BCUT2D eigenvalue weighted by Crippen LogP contribution is -2.15. The fourth-order valence-electron chi connectivity index (χ4n) is 1.84. The first-order chi connectivity index (χ1) is 9.31. The van der Waals surface area contributed by atoms with E-state index in [0.717, 1.165) is 17.2 Å². The highest BCUT2D eigenvalue weighted by Crippen LogP contribution is 2.24. The molecule has 0 unspecified atom stereocenters. The summed E-state index contributed by atoms with van der Waals surface area (Å²) >= 11 is 0. The summed E-state index contributed by atoms with van der Waals surface area (Å²) in [6, 6.07) is 8.85. The van der Waals surface area contributed by atoms with Crippen molar-refractivity contribution in [3.05, 3.63) is 53.3 Å². The van der Waals surface area contributed by atoms with Gasteiger partial charge in [0.05, 0.1) is 16.3 Å². The van der Waals surface area contributed by atoms with E-state index in [-0.39, 0.29) is 10.6 Å². The van der Waals surface area contributed by atoms with Crippen molar-refractivity contribution in [1.82, 2.24) is 0 Å². The van der Waals surface area contributed by atoms with E-state index < -0.39 is 15.8 Å². The number of anilines is 2. The van der Waals surface area contributed by atoms with Gasteiger partial charge in [0.25, 0.3) is 10.0 Å². The Labute approximate surface area is 117 Å². The van der Waals surface area contributed by atoms with Crippen LogP contribution in [-0.4, -0.2) is 8.42 Å². The molecule has 0 bridgehead atoms. The Hall–Kier alpha value is -2.08. The molecule has 0 saturated carbocycles. The monoisotopic (exact) mass is 294 g/mol. The van der Waals surface area contributed by atoms with Gasteiger partial charge in [0.2, 0.25) is 0 Å². The van der Waals surface area contributed by atoms with Gasteiger partial charge in [-0.25, -0.2) is 12.8 Å². The van der Waals surface area contributed by atoms with Gasteiger partial charge in [-0.15, -0.1) is 0 Å². The minimum Gasteiger partial charge on any atom is -0.396 e. The van der Waals surface area contributed by atoms with Gasteiger partial charge in [-0.2, -0.15) is 0 Å². The van der Waals surface area contributed by atoms with Crippen LogP contribution in [0.4, 0.5) is 15.8 Å². The number of benzene rings is 2. The number of aryl methyl sites for hydroxylation is 2. The van der Waals surface area contributed by atoms with Gasteiger partial charge in [-0.1, -0.05) is 18.2 Å². The Morgan fingerprint density at radius 1 is 1.10 bits per heavy atom. The predicted octanol–water partition coefficient (Wildman–Crippen LogP) is 2.83. The summed E-state index contributed by atoms with van der Waals surface area (Å²) < 4.78 is 40.4. The van der Waals surface area contributed by atoms with Crippen LogP contribution in [0, 0.1) is 19.7 Å². The molecule has 0 aliphatic rings. The maximum atomic E-state index is 13.4. The van der Waals surface area contributed by atoms with Crippen LogP contribution in [0.5, 0.6) is 0 Å². The Morgan fingerprint density at radius 2 is 1.70 bits per heavy atom. The standard InChI is InChI=1S/C14H15FN2O2S/c1-9-4-3-5-10(2)14(9)17-20(18,19)11-6-7-13(16)12(15)8-11/h3-8,17H,16H2,1-2H3. The van der Waals surface area contributed by atoms with Gasteiger partial charge in [0, 0.05) is 0 Å². The molecule has 0 aliphatic carbocycles. The number of halogens is 1. The molecule has 4 nitrogen and oxygen atoms in total. The van der Waals surface area contributed by atoms with E-state index in [9.17, 15) is 12.8 Å². The van der Waals surface area contributed by atoms with E-state index in [2.05, 4.69) is 4.72 Å². The number of nitrogens with one attached hydrogen (secondary N) is 1. The normalized spacial score (nSPS) is 11.3. The van der Waals surface area contributed by atoms with Crippen LogP contribution in [0.2, 0.25) is 0 Å².